The highest BCUT2D eigenvalue weighted by atomic mass is 35.5. The van der Waals surface area contributed by atoms with E-state index < -0.39 is 11.7 Å². The number of H-pyrrole nitrogens is 1. The number of piperidine rings is 1. The first-order valence-electron chi connectivity index (χ1n) is 13.1. The predicted molar refractivity (Wildman–Crippen MR) is 149 cm³/mol. The van der Waals surface area contributed by atoms with Gasteiger partial charge in [0.25, 0.3) is 11.8 Å². The van der Waals surface area contributed by atoms with E-state index in [4.69, 9.17) is 11.6 Å². The van der Waals surface area contributed by atoms with Crippen LogP contribution in [0.5, 0.6) is 0 Å². The smallest absolute Gasteiger partial charge is 0.276 e. The molecule has 0 radical (unpaired) electrons. The summed E-state index contributed by atoms with van der Waals surface area (Å²) in [6.45, 7) is 5.19. The molecule has 0 atom stereocenters. The largest absolute Gasteiger partial charge is 0.378 e. The van der Waals surface area contributed by atoms with Crippen molar-refractivity contribution in [2.24, 2.45) is 0 Å². The van der Waals surface area contributed by atoms with Gasteiger partial charge in [0.1, 0.15) is 17.3 Å². The lowest BCUT2D eigenvalue weighted by Gasteiger charge is -2.26. The van der Waals surface area contributed by atoms with Crippen molar-refractivity contribution in [3.05, 3.63) is 76.1 Å². The van der Waals surface area contributed by atoms with Gasteiger partial charge in [0.2, 0.25) is 0 Å². The first kappa shape index (κ1) is 28.3. The fraction of sp³-hybridized carbons (Fsp3) is 0.357. The molecule has 1 fully saturated rings. The molecule has 1 aliphatic heterocycles. The second-order valence-electron chi connectivity index (χ2n) is 9.35. The molecule has 39 heavy (non-hydrogen) atoms. The number of Topliss-reactive ketones (excluding diaryl/α,β-unsaturated/α-hetero) is 1. The molecule has 11 heteroatoms. The number of hydrogen-bond acceptors (Lipinski definition) is 6. The lowest BCUT2D eigenvalue weighted by Crippen LogP contribution is -2.38. The second kappa shape index (κ2) is 13.3. The van der Waals surface area contributed by atoms with Crippen molar-refractivity contribution >= 4 is 40.6 Å². The minimum absolute atomic E-state index is 0.0336. The van der Waals surface area contributed by atoms with Gasteiger partial charge in [-0.3, -0.25) is 14.4 Å². The Balaban J connectivity index is 1.33. The summed E-state index contributed by atoms with van der Waals surface area (Å²) in [6.07, 6.45) is 4.15. The van der Waals surface area contributed by atoms with E-state index in [0.29, 0.717) is 30.2 Å². The first-order valence-corrected chi connectivity index (χ1v) is 13.4. The minimum atomic E-state index is -0.511. The number of hydrogen-bond donors (Lipinski definition) is 4. The van der Waals surface area contributed by atoms with E-state index in [-0.39, 0.29) is 40.2 Å². The molecule has 4 rings (SSSR count). The molecular formula is C28H32ClFN6O3. The van der Waals surface area contributed by atoms with E-state index >= 15 is 0 Å². The van der Waals surface area contributed by atoms with Crippen molar-refractivity contribution in [2.75, 3.05) is 43.4 Å². The lowest BCUT2D eigenvalue weighted by atomic mass is 10.1. The Hall–Kier alpha value is -3.76. The maximum atomic E-state index is 13.2. The number of imidazole rings is 1. The van der Waals surface area contributed by atoms with Gasteiger partial charge in [-0.15, -0.1) is 0 Å². The maximum Gasteiger partial charge on any atom is 0.276 e. The van der Waals surface area contributed by atoms with Crippen molar-refractivity contribution < 1.29 is 18.8 Å². The van der Waals surface area contributed by atoms with Crippen molar-refractivity contribution in [3.8, 4) is 0 Å². The summed E-state index contributed by atoms with van der Waals surface area (Å²) in [5.74, 6) is -1.12. The molecular weight excluding hydrogens is 523 g/mol. The molecule has 1 aliphatic rings. The number of amides is 2. The van der Waals surface area contributed by atoms with Crippen LogP contribution in [0.4, 0.5) is 15.8 Å². The normalized spacial score (nSPS) is 13.6. The summed E-state index contributed by atoms with van der Waals surface area (Å²) in [4.78, 5) is 47.9. The van der Waals surface area contributed by atoms with Gasteiger partial charge >= 0.3 is 0 Å². The number of carbonyl (C=O) groups excluding carboxylic acids is 3. The highest BCUT2D eigenvalue weighted by Crippen LogP contribution is 2.19. The second-order valence-corrected chi connectivity index (χ2v) is 9.76. The van der Waals surface area contributed by atoms with Gasteiger partial charge in [-0.25, -0.2) is 9.37 Å². The Kier molecular flexibility index (Phi) is 9.67. The summed E-state index contributed by atoms with van der Waals surface area (Å²) in [6, 6.07) is 10.4. The molecule has 206 valence electrons. The zero-order valence-electron chi connectivity index (χ0n) is 21.8. The van der Waals surface area contributed by atoms with Gasteiger partial charge in [-0.2, -0.15) is 0 Å². The number of aryl methyl sites for hydroxylation is 1. The van der Waals surface area contributed by atoms with Crippen LogP contribution in [0, 0.1) is 5.82 Å². The van der Waals surface area contributed by atoms with Crippen molar-refractivity contribution in [1.82, 2.24) is 20.2 Å². The van der Waals surface area contributed by atoms with E-state index in [2.05, 4.69) is 30.8 Å². The number of anilines is 2. The number of likely N-dealkylation sites (tertiary alicyclic amines) is 1. The van der Waals surface area contributed by atoms with Gasteiger partial charge in [0, 0.05) is 36.4 Å². The Morgan fingerprint density at radius 1 is 1.03 bits per heavy atom. The molecule has 4 N–H and O–H groups in total. The number of nitrogens with one attached hydrogen (secondary N) is 4. The molecule has 1 aromatic heterocycles. The van der Waals surface area contributed by atoms with E-state index in [0.717, 1.165) is 25.7 Å². The van der Waals surface area contributed by atoms with E-state index in [1.165, 1.54) is 31.4 Å². The van der Waals surface area contributed by atoms with Crippen LogP contribution in [-0.4, -0.2) is 65.2 Å². The van der Waals surface area contributed by atoms with Gasteiger partial charge in [0.05, 0.1) is 11.6 Å². The third-order valence-electron chi connectivity index (χ3n) is 6.52. The minimum Gasteiger partial charge on any atom is -0.378 e. The predicted octanol–water partition coefficient (Wildman–Crippen LogP) is 4.53. The number of carbonyl (C=O) groups is 3. The summed E-state index contributed by atoms with van der Waals surface area (Å²) < 4.78 is 13.2. The summed E-state index contributed by atoms with van der Waals surface area (Å²) in [5, 5.41) is 8.71. The highest BCUT2D eigenvalue weighted by Gasteiger charge is 2.23. The average Bonchev–Trinajstić information content (AvgIpc) is 3.38. The molecule has 3 aromatic rings. The molecule has 1 saturated heterocycles. The Morgan fingerprint density at radius 3 is 2.44 bits per heavy atom. The molecule has 2 heterocycles. The van der Waals surface area contributed by atoms with E-state index in [1.807, 2.05) is 6.92 Å². The molecule has 0 bridgehead atoms. The van der Waals surface area contributed by atoms with Crippen LogP contribution in [0.2, 0.25) is 5.02 Å². The van der Waals surface area contributed by atoms with Gasteiger partial charge < -0.3 is 25.8 Å². The zero-order chi connectivity index (χ0) is 27.8. The van der Waals surface area contributed by atoms with Crippen LogP contribution in [0.25, 0.3) is 0 Å². The zero-order valence-corrected chi connectivity index (χ0v) is 22.5. The SMILES string of the molecule is CCc1nc(C(=O)Nc2ccc(NCC(=O)c3ccc(F)cc3Cl)cc2)c(C(=O)NCCN2CCCCC2)[nH]1. The van der Waals surface area contributed by atoms with E-state index in [9.17, 15) is 18.8 Å². The molecule has 0 aliphatic carbocycles. The Morgan fingerprint density at radius 2 is 1.74 bits per heavy atom. The van der Waals surface area contributed by atoms with Gasteiger partial charge in [-0.05, 0) is 68.4 Å². The third-order valence-corrected chi connectivity index (χ3v) is 6.83. The number of aromatic nitrogens is 2. The van der Waals surface area contributed by atoms with Crippen molar-refractivity contribution in [1.29, 1.82) is 0 Å². The summed E-state index contributed by atoms with van der Waals surface area (Å²) in [5.41, 5.74) is 1.54. The summed E-state index contributed by atoms with van der Waals surface area (Å²) >= 11 is 5.96. The number of nitrogens with zero attached hydrogens (tertiary/aromatic N) is 2. The van der Waals surface area contributed by atoms with Gasteiger partial charge in [0.15, 0.2) is 11.5 Å². The quantitative estimate of drug-likeness (QED) is 0.259. The average molecular weight is 555 g/mol. The number of benzene rings is 2. The highest BCUT2D eigenvalue weighted by molar-refractivity contribution is 6.34. The molecule has 2 amide bonds. The number of ketones is 1. The van der Waals surface area contributed by atoms with Crippen molar-refractivity contribution in [3.63, 3.8) is 0 Å². The first-order chi connectivity index (χ1) is 18.8. The molecule has 0 unspecified atom stereocenters. The molecule has 2 aromatic carbocycles. The molecule has 9 nitrogen and oxygen atoms in total. The third kappa shape index (κ3) is 7.64. The standard InChI is InChI=1S/C28H32ClFN6O3/c1-2-24-34-25(27(38)31-12-15-36-13-4-3-5-14-36)26(35-24)28(39)33-20-9-7-19(8-10-20)32-17-23(37)21-11-6-18(30)16-22(21)29/h6-11,16,32H,2-5,12-15,17H2,1H3,(H,31,38)(H,33,39)(H,34,35). The van der Waals surface area contributed by atoms with Crippen LogP contribution in [0.1, 0.15) is 63.3 Å². The van der Waals surface area contributed by atoms with Crippen LogP contribution in [0.3, 0.4) is 0 Å². The molecule has 0 spiro atoms. The topological polar surface area (TPSA) is 119 Å². The lowest BCUT2D eigenvalue weighted by molar-refractivity contribution is 0.0929. The van der Waals surface area contributed by atoms with Crippen LogP contribution in [0.15, 0.2) is 42.5 Å². The van der Waals surface area contributed by atoms with E-state index in [1.54, 1.807) is 24.3 Å². The van der Waals surface area contributed by atoms with Crippen LogP contribution < -0.4 is 16.0 Å². The molecule has 0 saturated carbocycles. The van der Waals surface area contributed by atoms with Crippen LogP contribution >= 0.6 is 11.6 Å². The fourth-order valence-corrected chi connectivity index (χ4v) is 4.64. The fourth-order valence-electron chi connectivity index (χ4n) is 4.37. The Labute approximate surface area is 231 Å². The van der Waals surface area contributed by atoms with Gasteiger partial charge in [-0.1, -0.05) is 24.9 Å². The number of aromatic amines is 1. The maximum absolute atomic E-state index is 13.2. The van der Waals surface area contributed by atoms with Crippen molar-refractivity contribution in [2.45, 2.75) is 32.6 Å². The number of halogens is 2. The monoisotopic (exact) mass is 554 g/mol. The van der Waals surface area contributed by atoms with Crippen LogP contribution in [-0.2, 0) is 6.42 Å². The number of rotatable bonds is 11. The Bertz CT molecular complexity index is 1320. The summed E-state index contributed by atoms with van der Waals surface area (Å²) in [7, 11) is 0.